The minimum atomic E-state index is 0.275. The van der Waals surface area contributed by atoms with Crippen LogP contribution in [0.3, 0.4) is 0 Å². The van der Waals surface area contributed by atoms with Crippen LogP contribution in [0.4, 0.5) is 0 Å². The normalized spacial score (nSPS) is 17.0. The molecule has 0 fully saturated rings. The zero-order valence-electron chi connectivity index (χ0n) is 8.40. The quantitative estimate of drug-likeness (QED) is 0.672. The van der Waals surface area contributed by atoms with E-state index in [0.29, 0.717) is 0 Å². The van der Waals surface area contributed by atoms with Gasteiger partial charge in [0.2, 0.25) is 6.79 Å². The van der Waals surface area contributed by atoms with Gasteiger partial charge in [-0.25, -0.2) is 0 Å². The Bertz CT molecular complexity index is 646. The van der Waals surface area contributed by atoms with Crippen molar-refractivity contribution in [1.82, 2.24) is 0 Å². The lowest BCUT2D eigenvalue weighted by Crippen LogP contribution is -2.02. The summed E-state index contributed by atoms with van der Waals surface area (Å²) in [6, 6.07) is 7.98. The summed E-state index contributed by atoms with van der Waals surface area (Å²) in [5, 5.41) is 1.10. The average Bonchev–Trinajstić information content (AvgIpc) is 2.83. The number of hydrogen-bond donors (Lipinski definition) is 0. The Labute approximate surface area is 91.6 Å². The highest BCUT2D eigenvalue weighted by Crippen LogP contribution is 2.43. The molecule has 1 aliphatic heterocycles. The molecule has 0 saturated carbocycles. The van der Waals surface area contributed by atoms with Gasteiger partial charge in [0.1, 0.15) is 17.1 Å². The van der Waals surface area contributed by atoms with E-state index in [2.05, 4.69) is 0 Å². The number of benzene rings is 1. The summed E-state index contributed by atoms with van der Waals surface area (Å²) in [5.74, 6) is 1.69. The first-order valence-corrected chi connectivity index (χ1v) is 5.12. The molecule has 3 nitrogen and oxygen atoms in total. The molecule has 4 rings (SSSR count). The molecule has 0 spiro atoms. The number of rotatable bonds is 0. The van der Waals surface area contributed by atoms with Gasteiger partial charge in [-0.2, -0.15) is 0 Å². The fourth-order valence-corrected chi connectivity index (χ4v) is 2.22. The summed E-state index contributed by atoms with van der Waals surface area (Å²) in [5.41, 5.74) is 2.95. The van der Waals surface area contributed by atoms with Crippen LogP contribution in [0.25, 0.3) is 22.6 Å². The summed E-state index contributed by atoms with van der Waals surface area (Å²) >= 11 is 0. The lowest BCUT2D eigenvalue weighted by atomic mass is 10.1. The van der Waals surface area contributed by atoms with Gasteiger partial charge in [0.25, 0.3) is 0 Å². The van der Waals surface area contributed by atoms with Crippen LogP contribution in [0.2, 0.25) is 0 Å². The number of hydrogen-bond acceptors (Lipinski definition) is 3. The van der Waals surface area contributed by atoms with E-state index in [1.54, 1.807) is 6.26 Å². The average molecular weight is 212 g/mol. The zero-order valence-corrected chi connectivity index (χ0v) is 8.40. The van der Waals surface area contributed by atoms with Gasteiger partial charge >= 0.3 is 0 Å². The number of fused-ring (bicyclic) bond motifs is 5. The third-order valence-corrected chi connectivity index (χ3v) is 2.90. The van der Waals surface area contributed by atoms with Gasteiger partial charge in [-0.15, -0.1) is 0 Å². The highest BCUT2D eigenvalue weighted by atomic mass is 16.7. The molecule has 1 aromatic heterocycles. The fraction of sp³-hybridized carbons (Fsp3) is 0.0769. The minimum absolute atomic E-state index is 0.275. The maximum Gasteiger partial charge on any atom is 0.230 e. The van der Waals surface area contributed by atoms with Crippen LogP contribution >= 0.6 is 0 Å². The van der Waals surface area contributed by atoms with Crippen molar-refractivity contribution in [2.75, 3.05) is 6.79 Å². The maximum atomic E-state index is 5.75. The molecular formula is C13H8O3. The van der Waals surface area contributed by atoms with Crippen LogP contribution in [0, 0.1) is 0 Å². The lowest BCUT2D eigenvalue weighted by molar-refractivity contribution is 0.0256. The smallest absolute Gasteiger partial charge is 0.230 e. The second kappa shape index (κ2) is 2.70. The first-order chi connectivity index (χ1) is 7.93. The van der Waals surface area contributed by atoms with Gasteiger partial charge in [-0.3, -0.25) is 0 Å². The molecule has 78 valence electrons. The molecule has 0 amide bonds. The monoisotopic (exact) mass is 212 g/mol. The van der Waals surface area contributed by atoms with Crippen molar-refractivity contribution in [1.29, 1.82) is 0 Å². The summed E-state index contributed by atoms with van der Waals surface area (Å²) in [4.78, 5) is 0. The van der Waals surface area contributed by atoms with Gasteiger partial charge in [-0.05, 0) is 6.07 Å². The molecule has 16 heavy (non-hydrogen) atoms. The molecule has 2 aliphatic rings. The Hall–Kier alpha value is -2.16. The molecule has 2 aromatic rings. The van der Waals surface area contributed by atoms with Crippen molar-refractivity contribution in [3.05, 3.63) is 47.6 Å². The van der Waals surface area contributed by atoms with E-state index >= 15 is 0 Å². The van der Waals surface area contributed by atoms with Crippen LogP contribution < -0.4 is 0 Å². The number of furan rings is 1. The third-order valence-electron chi connectivity index (χ3n) is 2.90. The molecule has 1 aromatic carbocycles. The zero-order chi connectivity index (χ0) is 10.5. The highest BCUT2D eigenvalue weighted by molar-refractivity contribution is 6.03. The third kappa shape index (κ3) is 0.877. The first kappa shape index (κ1) is 8.05. The second-order valence-electron chi connectivity index (χ2n) is 3.81. The molecule has 0 bridgehead atoms. The molecule has 0 saturated heterocycles. The van der Waals surface area contributed by atoms with Crippen molar-refractivity contribution in [3.8, 4) is 0 Å². The van der Waals surface area contributed by atoms with Crippen molar-refractivity contribution in [2.24, 2.45) is 0 Å². The van der Waals surface area contributed by atoms with E-state index in [1.807, 2.05) is 30.3 Å². The van der Waals surface area contributed by atoms with Crippen molar-refractivity contribution < 1.29 is 13.9 Å². The Morgan fingerprint density at radius 3 is 3.06 bits per heavy atom. The van der Waals surface area contributed by atoms with Gasteiger partial charge in [0.15, 0.2) is 0 Å². The van der Waals surface area contributed by atoms with E-state index in [0.717, 1.165) is 33.6 Å². The molecular weight excluding hydrogens is 204 g/mol. The van der Waals surface area contributed by atoms with Crippen LogP contribution in [0.1, 0.15) is 11.3 Å². The second-order valence-corrected chi connectivity index (χ2v) is 3.81. The predicted octanol–water partition coefficient (Wildman–Crippen LogP) is 3.13. The van der Waals surface area contributed by atoms with Crippen LogP contribution in [0.5, 0.6) is 0 Å². The van der Waals surface area contributed by atoms with Crippen LogP contribution in [-0.4, -0.2) is 6.79 Å². The van der Waals surface area contributed by atoms with Crippen LogP contribution in [-0.2, 0) is 9.47 Å². The minimum Gasteiger partial charge on any atom is -0.464 e. The fourth-order valence-electron chi connectivity index (χ4n) is 2.22. The SMILES string of the molecule is C1=C2OCOC=C2c2c1oc1ccccc21. The molecule has 0 atom stereocenters. The van der Waals surface area contributed by atoms with Gasteiger partial charge < -0.3 is 13.9 Å². The largest absolute Gasteiger partial charge is 0.464 e. The molecule has 0 unspecified atom stereocenters. The van der Waals surface area contributed by atoms with Crippen molar-refractivity contribution >= 4 is 22.6 Å². The Kier molecular flexibility index (Phi) is 1.36. The topological polar surface area (TPSA) is 31.6 Å². The maximum absolute atomic E-state index is 5.75. The molecule has 0 N–H and O–H groups in total. The number of ether oxygens (including phenoxy) is 2. The molecule has 2 heterocycles. The van der Waals surface area contributed by atoms with Crippen molar-refractivity contribution in [2.45, 2.75) is 0 Å². The Balaban J connectivity index is 2.09. The van der Waals surface area contributed by atoms with Gasteiger partial charge in [-0.1, -0.05) is 18.2 Å². The summed E-state index contributed by atoms with van der Waals surface area (Å²) in [6.45, 7) is 0.275. The molecule has 1 aliphatic carbocycles. The summed E-state index contributed by atoms with van der Waals surface area (Å²) < 4.78 is 16.3. The standard InChI is InChI=1S/C13H8O3/c1-2-4-10-8(3-1)13-9-6-14-7-15-11(9)5-12(13)16-10/h1-6H,7H2. The van der Waals surface area contributed by atoms with E-state index in [9.17, 15) is 0 Å². The Morgan fingerprint density at radius 2 is 2.06 bits per heavy atom. The lowest BCUT2D eigenvalue weighted by Gasteiger charge is -2.14. The van der Waals surface area contributed by atoms with E-state index in [-0.39, 0.29) is 6.79 Å². The predicted molar refractivity (Wildman–Crippen MR) is 59.2 cm³/mol. The van der Waals surface area contributed by atoms with E-state index in [4.69, 9.17) is 13.9 Å². The first-order valence-electron chi connectivity index (χ1n) is 5.12. The van der Waals surface area contributed by atoms with Gasteiger partial charge in [0, 0.05) is 17.0 Å². The molecule has 3 heteroatoms. The number of allylic oxidation sites excluding steroid dienone is 1. The highest BCUT2D eigenvalue weighted by Gasteiger charge is 2.28. The summed E-state index contributed by atoms with van der Waals surface area (Å²) in [7, 11) is 0. The summed E-state index contributed by atoms with van der Waals surface area (Å²) in [6.07, 6.45) is 3.66. The van der Waals surface area contributed by atoms with Gasteiger partial charge in [0.05, 0.1) is 11.8 Å². The van der Waals surface area contributed by atoms with E-state index in [1.165, 1.54) is 0 Å². The van der Waals surface area contributed by atoms with Crippen LogP contribution in [0.15, 0.2) is 40.7 Å². The number of para-hydroxylation sites is 1. The van der Waals surface area contributed by atoms with Crippen molar-refractivity contribution in [3.63, 3.8) is 0 Å². The Morgan fingerprint density at radius 1 is 1.12 bits per heavy atom. The van der Waals surface area contributed by atoms with E-state index < -0.39 is 0 Å². The molecule has 0 radical (unpaired) electrons.